The van der Waals surface area contributed by atoms with E-state index >= 15 is 0 Å². The maximum atomic E-state index is 6.09. The van der Waals surface area contributed by atoms with Gasteiger partial charge in [0.2, 0.25) is 0 Å². The minimum atomic E-state index is 0.326. The molecule has 0 amide bonds. The SMILES string of the molecule is CCCNC(Cc1ccc(Cl)s1)C1(c2ccccc2)CC1. The Kier molecular flexibility index (Phi) is 4.68. The van der Waals surface area contributed by atoms with E-state index in [2.05, 4.69) is 48.6 Å². The Morgan fingerprint density at radius 2 is 1.95 bits per heavy atom. The van der Waals surface area contributed by atoms with Crippen LogP contribution in [0.2, 0.25) is 4.34 Å². The topological polar surface area (TPSA) is 12.0 Å². The van der Waals surface area contributed by atoms with E-state index in [1.165, 1.54) is 29.7 Å². The summed E-state index contributed by atoms with van der Waals surface area (Å²) < 4.78 is 0.892. The second kappa shape index (κ2) is 6.51. The van der Waals surface area contributed by atoms with Crippen LogP contribution in [0.15, 0.2) is 42.5 Å². The van der Waals surface area contributed by atoms with E-state index < -0.39 is 0 Å². The van der Waals surface area contributed by atoms with Gasteiger partial charge in [-0.3, -0.25) is 0 Å². The van der Waals surface area contributed by atoms with Crippen molar-refractivity contribution in [2.24, 2.45) is 0 Å². The normalized spacial score (nSPS) is 17.6. The Hall–Kier alpha value is -0.830. The van der Waals surface area contributed by atoms with Crippen molar-refractivity contribution in [3.05, 3.63) is 57.2 Å². The van der Waals surface area contributed by atoms with Gasteiger partial charge in [-0.2, -0.15) is 0 Å². The molecule has 3 rings (SSSR count). The highest BCUT2D eigenvalue weighted by molar-refractivity contribution is 7.16. The number of hydrogen-bond donors (Lipinski definition) is 1. The molecule has 1 fully saturated rings. The third-order valence-electron chi connectivity index (χ3n) is 4.48. The van der Waals surface area contributed by atoms with Crippen molar-refractivity contribution < 1.29 is 0 Å². The van der Waals surface area contributed by atoms with E-state index in [1.807, 2.05) is 6.07 Å². The lowest BCUT2D eigenvalue weighted by molar-refractivity contribution is 0.414. The molecule has 0 saturated heterocycles. The van der Waals surface area contributed by atoms with Gasteiger partial charge >= 0.3 is 0 Å². The first-order valence-corrected chi connectivity index (χ1v) is 8.97. The highest BCUT2D eigenvalue weighted by atomic mass is 35.5. The molecule has 1 nitrogen and oxygen atoms in total. The molecule has 1 aliphatic rings. The summed E-state index contributed by atoms with van der Waals surface area (Å²) >= 11 is 7.81. The molecule has 1 saturated carbocycles. The molecule has 1 aromatic carbocycles. The standard InChI is InChI=1S/C18H22ClNS/c1-2-12-20-16(13-15-8-9-17(19)21-15)18(10-11-18)14-6-4-3-5-7-14/h3-9,16,20H,2,10-13H2,1H3. The summed E-state index contributed by atoms with van der Waals surface area (Å²) in [6, 6.07) is 15.7. The van der Waals surface area contributed by atoms with Crippen LogP contribution in [0.25, 0.3) is 0 Å². The third-order valence-corrected chi connectivity index (χ3v) is 5.73. The average Bonchev–Trinajstić information content (AvgIpc) is 3.22. The van der Waals surface area contributed by atoms with E-state index in [4.69, 9.17) is 11.6 Å². The van der Waals surface area contributed by atoms with E-state index in [1.54, 1.807) is 11.3 Å². The molecule has 1 unspecified atom stereocenters. The molecular weight excluding hydrogens is 298 g/mol. The van der Waals surface area contributed by atoms with E-state index in [0.717, 1.165) is 17.3 Å². The lowest BCUT2D eigenvalue weighted by Gasteiger charge is -2.28. The largest absolute Gasteiger partial charge is 0.313 e. The first-order valence-electron chi connectivity index (χ1n) is 7.78. The minimum Gasteiger partial charge on any atom is -0.313 e. The van der Waals surface area contributed by atoms with Gasteiger partial charge in [-0.15, -0.1) is 11.3 Å². The monoisotopic (exact) mass is 319 g/mol. The van der Waals surface area contributed by atoms with Crippen molar-refractivity contribution in [1.82, 2.24) is 5.32 Å². The van der Waals surface area contributed by atoms with Crippen molar-refractivity contribution in [2.75, 3.05) is 6.54 Å². The summed E-state index contributed by atoms with van der Waals surface area (Å²) in [4.78, 5) is 1.39. The summed E-state index contributed by atoms with van der Waals surface area (Å²) in [5, 5.41) is 3.79. The fourth-order valence-electron chi connectivity index (χ4n) is 3.19. The lowest BCUT2D eigenvalue weighted by atomic mass is 9.85. The summed E-state index contributed by atoms with van der Waals surface area (Å²) in [5.41, 5.74) is 1.81. The highest BCUT2D eigenvalue weighted by Gasteiger charge is 2.50. The maximum absolute atomic E-state index is 6.09. The molecule has 1 aliphatic carbocycles. The van der Waals surface area contributed by atoms with Crippen LogP contribution in [0.5, 0.6) is 0 Å². The number of rotatable bonds is 7. The zero-order valence-electron chi connectivity index (χ0n) is 12.4. The molecular formula is C18H22ClNS. The predicted molar refractivity (Wildman–Crippen MR) is 92.5 cm³/mol. The van der Waals surface area contributed by atoms with E-state index in [9.17, 15) is 0 Å². The van der Waals surface area contributed by atoms with Gasteiger partial charge in [0.25, 0.3) is 0 Å². The van der Waals surface area contributed by atoms with Crippen LogP contribution in [0.3, 0.4) is 0 Å². The smallest absolute Gasteiger partial charge is 0.0931 e. The molecule has 1 heterocycles. The number of thiophene rings is 1. The Labute approximate surface area is 136 Å². The van der Waals surface area contributed by atoms with Gasteiger partial charge in [0.05, 0.1) is 4.34 Å². The van der Waals surface area contributed by atoms with Gasteiger partial charge in [0, 0.05) is 16.3 Å². The first-order chi connectivity index (χ1) is 10.2. The molecule has 2 aromatic rings. The molecule has 0 radical (unpaired) electrons. The average molecular weight is 320 g/mol. The second-order valence-corrected chi connectivity index (χ2v) is 7.74. The Morgan fingerprint density at radius 1 is 1.19 bits per heavy atom. The van der Waals surface area contributed by atoms with Crippen molar-refractivity contribution in [1.29, 1.82) is 0 Å². The van der Waals surface area contributed by atoms with Crippen LogP contribution in [0.1, 0.15) is 36.6 Å². The molecule has 0 aliphatic heterocycles. The van der Waals surface area contributed by atoms with Crippen molar-refractivity contribution in [2.45, 2.75) is 44.1 Å². The Bertz CT molecular complexity index is 574. The summed E-state index contributed by atoms with van der Waals surface area (Å²) in [5.74, 6) is 0. The minimum absolute atomic E-state index is 0.326. The number of halogens is 1. The molecule has 1 N–H and O–H groups in total. The third kappa shape index (κ3) is 3.33. The zero-order valence-corrected chi connectivity index (χ0v) is 14.0. The zero-order chi connectivity index (χ0) is 14.7. The molecule has 21 heavy (non-hydrogen) atoms. The second-order valence-electron chi connectivity index (χ2n) is 5.94. The fraction of sp³-hybridized carbons (Fsp3) is 0.444. The summed E-state index contributed by atoms with van der Waals surface area (Å²) in [6.45, 7) is 3.31. The predicted octanol–water partition coefficient (Wildman–Crippen LogP) is 5.04. The van der Waals surface area contributed by atoms with Crippen molar-refractivity contribution in [3.8, 4) is 0 Å². The van der Waals surface area contributed by atoms with Crippen LogP contribution >= 0.6 is 22.9 Å². The number of benzene rings is 1. The molecule has 3 heteroatoms. The first kappa shape index (κ1) is 15.1. The molecule has 112 valence electrons. The lowest BCUT2D eigenvalue weighted by Crippen LogP contribution is -2.42. The molecule has 1 aromatic heterocycles. The number of nitrogens with one attached hydrogen (secondary N) is 1. The van der Waals surface area contributed by atoms with Crippen LogP contribution in [0.4, 0.5) is 0 Å². The van der Waals surface area contributed by atoms with Crippen LogP contribution < -0.4 is 5.32 Å². The van der Waals surface area contributed by atoms with Gasteiger partial charge in [-0.1, -0.05) is 48.9 Å². The number of hydrogen-bond acceptors (Lipinski definition) is 2. The van der Waals surface area contributed by atoms with E-state index in [-0.39, 0.29) is 0 Å². The van der Waals surface area contributed by atoms with E-state index in [0.29, 0.717) is 11.5 Å². The highest BCUT2D eigenvalue weighted by Crippen LogP contribution is 2.52. The molecule has 0 bridgehead atoms. The fourth-order valence-corrected chi connectivity index (χ4v) is 4.32. The van der Waals surface area contributed by atoms with Gasteiger partial charge in [0.1, 0.15) is 0 Å². The van der Waals surface area contributed by atoms with Crippen molar-refractivity contribution >= 4 is 22.9 Å². The van der Waals surface area contributed by atoms with Gasteiger partial charge in [-0.25, -0.2) is 0 Å². The quantitative estimate of drug-likeness (QED) is 0.753. The van der Waals surface area contributed by atoms with Gasteiger partial charge in [-0.05, 0) is 49.9 Å². The van der Waals surface area contributed by atoms with Gasteiger partial charge < -0.3 is 5.32 Å². The van der Waals surface area contributed by atoms with Gasteiger partial charge in [0.15, 0.2) is 0 Å². The van der Waals surface area contributed by atoms with Crippen molar-refractivity contribution in [3.63, 3.8) is 0 Å². The maximum Gasteiger partial charge on any atom is 0.0931 e. The molecule has 1 atom stereocenters. The van der Waals surface area contributed by atoms with Crippen LogP contribution in [-0.4, -0.2) is 12.6 Å². The Morgan fingerprint density at radius 3 is 2.52 bits per heavy atom. The summed E-state index contributed by atoms with van der Waals surface area (Å²) in [6.07, 6.45) is 4.83. The molecule has 0 spiro atoms. The summed E-state index contributed by atoms with van der Waals surface area (Å²) in [7, 11) is 0. The Balaban J connectivity index is 1.82. The van der Waals surface area contributed by atoms with Crippen LogP contribution in [0, 0.1) is 0 Å². The van der Waals surface area contributed by atoms with Crippen LogP contribution in [-0.2, 0) is 11.8 Å².